The van der Waals surface area contributed by atoms with Gasteiger partial charge in [-0.3, -0.25) is 4.79 Å². The van der Waals surface area contributed by atoms with Crippen LogP contribution in [0.3, 0.4) is 0 Å². The fourth-order valence-electron chi connectivity index (χ4n) is 3.03. The van der Waals surface area contributed by atoms with Crippen molar-refractivity contribution in [1.82, 2.24) is 0 Å². The number of hydrogen-bond donors (Lipinski definition) is 0. The third kappa shape index (κ3) is 3.74. The van der Waals surface area contributed by atoms with Crippen molar-refractivity contribution in [3.8, 4) is 0 Å². The van der Waals surface area contributed by atoms with Crippen molar-refractivity contribution in [3.63, 3.8) is 0 Å². The van der Waals surface area contributed by atoms with E-state index in [1.807, 2.05) is 74.5 Å². The van der Waals surface area contributed by atoms with Crippen LogP contribution in [-0.4, -0.2) is 11.5 Å². The Morgan fingerprint density at radius 3 is 1.72 bits per heavy atom. The Bertz CT molecular complexity index is 902. The Labute approximate surface area is 148 Å². The second-order valence-corrected chi connectivity index (χ2v) is 6.27. The minimum Gasteiger partial charge on any atom is -0.287 e. The lowest BCUT2D eigenvalue weighted by molar-refractivity contribution is 0.106. The molecule has 0 bridgehead atoms. The van der Waals surface area contributed by atoms with Gasteiger partial charge in [0, 0.05) is 11.1 Å². The molecule has 25 heavy (non-hydrogen) atoms. The largest absolute Gasteiger partial charge is 0.287 e. The molecule has 0 heterocycles. The van der Waals surface area contributed by atoms with Gasteiger partial charge < -0.3 is 0 Å². The molecule has 0 aromatic heterocycles. The summed E-state index contributed by atoms with van der Waals surface area (Å²) in [4.78, 5) is 17.9. The van der Waals surface area contributed by atoms with E-state index >= 15 is 0 Å². The molecule has 0 saturated heterocycles. The van der Waals surface area contributed by atoms with Crippen molar-refractivity contribution in [3.05, 3.63) is 101 Å². The molecule has 3 aromatic carbocycles. The molecule has 0 radical (unpaired) electrons. The van der Waals surface area contributed by atoms with Crippen LogP contribution >= 0.6 is 0 Å². The van der Waals surface area contributed by atoms with Gasteiger partial charge in [0.15, 0.2) is 0 Å². The number of aryl methyl sites for hydroxylation is 3. The standard InChI is InChI=1S/C23H21NO/c1-16-14-17(2)21(18(3)15-16)24-22(19-10-6-4-7-11-19)23(25)20-12-8-5-9-13-20/h4-15H,1-3H3. The predicted molar refractivity (Wildman–Crippen MR) is 104 cm³/mol. The number of Topliss-reactive ketones (excluding diaryl/α,β-unsaturated/α-hetero) is 1. The molecule has 0 amide bonds. The Morgan fingerprint density at radius 2 is 1.20 bits per heavy atom. The normalized spacial score (nSPS) is 11.4. The molecule has 0 saturated carbocycles. The average Bonchev–Trinajstić information content (AvgIpc) is 2.62. The Morgan fingerprint density at radius 1 is 0.720 bits per heavy atom. The van der Waals surface area contributed by atoms with Crippen LogP contribution in [0.15, 0.2) is 77.8 Å². The zero-order valence-electron chi connectivity index (χ0n) is 14.8. The number of aliphatic imine (C=N–C) groups is 1. The summed E-state index contributed by atoms with van der Waals surface area (Å²) in [7, 11) is 0. The summed E-state index contributed by atoms with van der Waals surface area (Å²) in [6.07, 6.45) is 0. The second-order valence-electron chi connectivity index (χ2n) is 6.27. The predicted octanol–water partition coefficient (Wildman–Crippen LogP) is 5.62. The van der Waals surface area contributed by atoms with Crippen molar-refractivity contribution in [2.45, 2.75) is 20.8 Å². The molecule has 0 aliphatic carbocycles. The first-order valence-electron chi connectivity index (χ1n) is 8.38. The van der Waals surface area contributed by atoms with Gasteiger partial charge >= 0.3 is 0 Å². The van der Waals surface area contributed by atoms with Gasteiger partial charge in [-0.2, -0.15) is 0 Å². The number of carbonyl (C=O) groups excluding carboxylic acids is 1. The number of ketones is 1. The van der Waals surface area contributed by atoms with Gasteiger partial charge in [0.1, 0.15) is 5.71 Å². The molecule has 0 aliphatic heterocycles. The minimum absolute atomic E-state index is 0.0637. The van der Waals surface area contributed by atoms with Gasteiger partial charge in [-0.15, -0.1) is 0 Å². The van der Waals surface area contributed by atoms with Crippen LogP contribution in [0, 0.1) is 20.8 Å². The van der Waals surface area contributed by atoms with E-state index in [2.05, 4.69) is 19.1 Å². The zero-order valence-corrected chi connectivity index (χ0v) is 14.8. The summed E-state index contributed by atoms with van der Waals surface area (Å²) in [5.74, 6) is -0.0637. The molecular weight excluding hydrogens is 306 g/mol. The van der Waals surface area contributed by atoms with Crippen molar-refractivity contribution in [2.75, 3.05) is 0 Å². The number of rotatable bonds is 4. The molecule has 3 rings (SSSR count). The van der Waals surface area contributed by atoms with E-state index in [-0.39, 0.29) is 5.78 Å². The molecule has 0 fully saturated rings. The van der Waals surface area contributed by atoms with Gasteiger partial charge in [0.05, 0.1) is 5.69 Å². The Hall–Kier alpha value is -3.00. The number of benzene rings is 3. The molecule has 0 spiro atoms. The van der Waals surface area contributed by atoms with E-state index in [0.717, 1.165) is 22.4 Å². The van der Waals surface area contributed by atoms with E-state index in [1.54, 1.807) is 0 Å². The summed E-state index contributed by atoms with van der Waals surface area (Å²) >= 11 is 0. The van der Waals surface area contributed by atoms with Crippen LogP contribution in [0.2, 0.25) is 0 Å². The third-order valence-electron chi connectivity index (χ3n) is 4.16. The van der Waals surface area contributed by atoms with E-state index in [9.17, 15) is 4.79 Å². The van der Waals surface area contributed by atoms with E-state index < -0.39 is 0 Å². The molecule has 0 N–H and O–H groups in total. The minimum atomic E-state index is -0.0637. The van der Waals surface area contributed by atoms with Crippen LogP contribution in [-0.2, 0) is 0 Å². The lowest BCUT2D eigenvalue weighted by Crippen LogP contribution is -2.16. The maximum Gasteiger partial charge on any atom is 0.211 e. The van der Waals surface area contributed by atoms with Gasteiger partial charge in [0.2, 0.25) is 5.78 Å². The van der Waals surface area contributed by atoms with Crippen molar-refractivity contribution in [2.24, 2.45) is 4.99 Å². The number of nitrogens with zero attached hydrogens (tertiary/aromatic N) is 1. The topological polar surface area (TPSA) is 29.4 Å². The van der Waals surface area contributed by atoms with Crippen LogP contribution in [0.25, 0.3) is 0 Å². The van der Waals surface area contributed by atoms with Gasteiger partial charge in [0.25, 0.3) is 0 Å². The Balaban J connectivity index is 2.18. The number of carbonyl (C=O) groups is 1. The first-order valence-corrected chi connectivity index (χ1v) is 8.38. The fraction of sp³-hybridized carbons (Fsp3) is 0.130. The highest BCUT2D eigenvalue weighted by Crippen LogP contribution is 2.26. The van der Waals surface area contributed by atoms with Crippen molar-refractivity contribution < 1.29 is 4.79 Å². The zero-order chi connectivity index (χ0) is 17.8. The van der Waals surface area contributed by atoms with Crippen molar-refractivity contribution >= 4 is 17.2 Å². The molecule has 0 atom stereocenters. The molecule has 0 unspecified atom stereocenters. The maximum atomic E-state index is 13.1. The highest BCUT2D eigenvalue weighted by Gasteiger charge is 2.17. The summed E-state index contributed by atoms with van der Waals surface area (Å²) in [6, 6.07) is 23.2. The highest BCUT2D eigenvalue weighted by molar-refractivity contribution is 6.51. The third-order valence-corrected chi connectivity index (χ3v) is 4.16. The molecule has 2 nitrogen and oxygen atoms in total. The molecule has 0 aliphatic rings. The second kappa shape index (κ2) is 7.27. The molecule has 3 aromatic rings. The van der Waals surface area contributed by atoms with E-state index in [0.29, 0.717) is 11.3 Å². The molecule has 2 heteroatoms. The van der Waals surface area contributed by atoms with E-state index in [1.165, 1.54) is 5.56 Å². The quantitative estimate of drug-likeness (QED) is 0.452. The first-order chi connectivity index (χ1) is 12.1. The van der Waals surface area contributed by atoms with Crippen LogP contribution in [0.5, 0.6) is 0 Å². The lowest BCUT2D eigenvalue weighted by atomic mass is 9.99. The monoisotopic (exact) mass is 327 g/mol. The average molecular weight is 327 g/mol. The number of hydrogen-bond acceptors (Lipinski definition) is 2. The highest BCUT2D eigenvalue weighted by atomic mass is 16.1. The summed E-state index contributed by atoms with van der Waals surface area (Å²) < 4.78 is 0. The van der Waals surface area contributed by atoms with Crippen LogP contribution < -0.4 is 0 Å². The first kappa shape index (κ1) is 16.8. The van der Waals surface area contributed by atoms with Gasteiger partial charge in [-0.05, 0) is 31.9 Å². The molecule has 124 valence electrons. The van der Waals surface area contributed by atoms with Crippen LogP contribution in [0.4, 0.5) is 5.69 Å². The fourth-order valence-corrected chi connectivity index (χ4v) is 3.03. The van der Waals surface area contributed by atoms with Crippen molar-refractivity contribution in [1.29, 1.82) is 0 Å². The Kier molecular flexibility index (Phi) is 4.90. The SMILES string of the molecule is Cc1cc(C)c(N=C(C(=O)c2ccccc2)c2ccccc2)c(C)c1. The lowest BCUT2D eigenvalue weighted by Gasteiger charge is -2.11. The smallest absolute Gasteiger partial charge is 0.211 e. The summed E-state index contributed by atoms with van der Waals surface area (Å²) in [6.45, 7) is 6.14. The van der Waals surface area contributed by atoms with E-state index in [4.69, 9.17) is 4.99 Å². The summed E-state index contributed by atoms with van der Waals surface area (Å²) in [5.41, 5.74) is 6.17. The van der Waals surface area contributed by atoms with Gasteiger partial charge in [-0.25, -0.2) is 4.99 Å². The van der Waals surface area contributed by atoms with Gasteiger partial charge in [-0.1, -0.05) is 78.4 Å². The maximum absolute atomic E-state index is 13.1. The molecular formula is C23H21NO. The van der Waals surface area contributed by atoms with Crippen LogP contribution in [0.1, 0.15) is 32.6 Å². The summed E-state index contributed by atoms with van der Waals surface area (Å²) in [5, 5.41) is 0.